The fourth-order valence-electron chi connectivity index (χ4n) is 3.93. The molecule has 0 aliphatic heterocycles. The monoisotopic (exact) mass is 452 g/mol. The number of carbonyl (C=O) groups is 3. The van der Waals surface area contributed by atoms with E-state index < -0.39 is 11.4 Å². The number of anilines is 1. The van der Waals surface area contributed by atoms with E-state index in [0.29, 0.717) is 24.2 Å². The second-order valence-corrected chi connectivity index (χ2v) is 8.40. The topological polar surface area (TPSA) is 95.7 Å². The van der Waals surface area contributed by atoms with Crippen LogP contribution in [0.5, 0.6) is 0 Å². The van der Waals surface area contributed by atoms with Gasteiger partial charge in [-0.2, -0.15) is 0 Å². The average molecular weight is 453 g/mol. The van der Waals surface area contributed by atoms with Crippen LogP contribution < -0.4 is 11.1 Å². The molecule has 7 nitrogen and oxygen atoms in total. The fraction of sp³-hybridized carbons (Fsp3) is 0.423. The third kappa shape index (κ3) is 7.15. The van der Waals surface area contributed by atoms with Crippen molar-refractivity contribution in [2.75, 3.05) is 31.5 Å². The van der Waals surface area contributed by atoms with Crippen molar-refractivity contribution < 1.29 is 14.4 Å². The molecule has 3 N–H and O–H groups in total. The summed E-state index contributed by atoms with van der Waals surface area (Å²) in [6.45, 7) is 10.4. The summed E-state index contributed by atoms with van der Waals surface area (Å²) in [5.41, 5.74) is 6.69. The Morgan fingerprint density at radius 1 is 0.939 bits per heavy atom. The molecule has 1 atom stereocenters. The molecule has 0 spiro atoms. The number of amides is 3. The van der Waals surface area contributed by atoms with Crippen molar-refractivity contribution in [1.82, 2.24) is 9.80 Å². The van der Waals surface area contributed by atoms with E-state index in [1.807, 2.05) is 30.3 Å². The van der Waals surface area contributed by atoms with Crippen LogP contribution in [0.25, 0.3) is 0 Å². The first kappa shape index (κ1) is 26.1. The number of hydrogen-bond acceptors (Lipinski definition) is 4. The van der Waals surface area contributed by atoms with E-state index >= 15 is 0 Å². The summed E-state index contributed by atoms with van der Waals surface area (Å²) in [7, 11) is 0. The van der Waals surface area contributed by atoms with Crippen LogP contribution in [0.3, 0.4) is 0 Å². The number of carbonyl (C=O) groups excluding carboxylic acids is 3. The van der Waals surface area contributed by atoms with E-state index in [2.05, 4.69) is 24.1 Å². The largest absolute Gasteiger partial charge is 0.368 e. The van der Waals surface area contributed by atoms with E-state index in [9.17, 15) is 14.4 Å². The molecule has 2 rings (SSSR count). The van der Waals surface area contributed by atoms with Gasteiger partial charge in [-0.3, -0.25) is 14.4 Å². The minimum atomic E-state index is -1.20. The van der Waals surface area contributed by atoms with Gasteiger partial charge in [0.15, 0.2) is 0 Å². The van der Waals surface area contributed by atoms with Gasteiger partial charge in [0.2, 0.25) is 11.8 Å². The molecule has 0 fully saturated rings. The summed E-state index contributed by atoms with van der Waals surface area (Å²) in [5, 5.41) is 2.70. The number of nitrogens with one attached hydrogen (secondary N) is 1. The Hall–Kier alpha value is -3.19. The summed E-state index contributed by atoms with van der Waals surface area (Å²) in [6, 6.07) is 16.3. The van der Waals surface area contributed by atoms with Crippen molar-refractivity contribution >= 4 is 23.4 Å². The molecule has 0 aliphatic rings. The average Bonchev–Trinajstić information content (AvgIpc) is 2.79. The summed E-state index contributed by atoms with van der Waals surface area (Å²) < 4.78 is 0. The predicted octanol–water partition coefficient (Wildman–Crippen LogP) is 3.31. The molecular weight excluding hydrogens is 416 g/mol. The van der Waals surface area contributed by atoms with Crippen LogP contribution in [0.1, 0.15) is 50.0 Å². The lowest BCUT2D eigenvalue weighted by atomic mass is 9.89. The number of primary amides is 1. The van der Waals surface area contributed by atoms with Crippen LogP contribution in [-0.4, -0.2) is 59.2 Å². The van der Waals surface area contributed by atoms with Crippen LogP contribution >= 0.6 is 0 Å². The number of hydrogen-bond donors (Lipinski definition) is 2. The third-order valence-corrected chi connectivity index (χ3v) is 5.97. The molecule has 2 aromatic rings. The summed E-state index contributed by atoms with van der Waals surface area (Å²) >= 11 is 0. The molecule has 7 heteroatoms. The second-order valence-electron chi connectivity index (χ2n) is 8.40. The Bertz CT molecular complexity index is 926. The Labute approximate surface area is 196 Å². The quantitative estimate of drug-likeness (QED) is 0.516. The van der Waals surface area contributed by atoms with Gasteiger partial charge in [0.1, 0.15) is 5.54 Å². The zero-order valence-electron chi connectivity index (χ0n) is 20.1. The Kier molecular flexibility index (Phi) is 9.60. The van der Waals surface area contributed by atoms with E-state index in [-0.39, 0.29) is 11.8 Å². The van der Waals surface area contributed by atoms with Gasteiger partial charge >= 0.3 is 0 Å². The molecular formula is C26H36N4O3. The van der Waals surface area contributed by atoms with Gasteiger partial charge in [-0.1, -0.05) is 44.2 Å². The Balaban J connectivity index is 2.36. The Morgan fingerprint density at radius 2 is 1.55 bits per heavy atom. The summed E-state index contributed by atoms with van der Waals surface area (Å²) in [4.78, 5) is 41.6. The first-order chi connectivity index (χ1) is 15.7. The SMILES string of the molecule is CCN(CC)CCCN(C(=O)c1ccc(NC(C)=O)cc1)C(C)(Cc1ccccc1)C(N)=O. The number of nitrogens with zero attached hydrogens (tertiary/aromatic N) is 2. The predicted molar refractivity (Wildman–Crippen MR) is 132 cm³/mol. The first-order valence-corrected chi connectivity index (χ1v) is 11.5. The van der Waals surface area contributed by atoms with Gasteiger partial charge < -0.3 is 20.9 Å². The molecule has 2 aromatic carbocycles. The molecule has 3 amide bonds. The van der Waals surface area contributed by atoms with Gasteiger partial charge in [-0.15, -0.1) is 0 Å². The maximum absolute atomic E-state index is 13.7. The van der Waals surface area contributed by atoms with E-state index in [4.69, 9.17) is 5.73 Å². The molecule has 0 heterocycles. The van der Waals surface area contributed by atoms with Crippen molar-refractivity contribution in [2.24, 2.45) is 5.73 Å². The van der Waals surface area contributed by atoms with Crippen molar-refractivity contribution in [2.45, 2.75) is 46.1 Å². The minimum absolute atomic E-state index is 0.184. The highest BCUT2D eigenvalue weighted by molar-refractivity contribution is 5.99. The van der Waals surface area contributed by atoms with Crippen molar-refractivity contribution in [3.05, 3.63) is 65.7 Å². The summed E-state index contributed by atoms with van der Waals surface area (Å²) in [6.07, 6.45) is 1.04. The molecule has 0 bridgehead atoms. The highest BCUT2D eigenvalue weighted by Crippen LogP contribution is 2.25. The zero-order chi connectivity index (χ0) is 24.4. The molecule has 0 saturated heterocycles. The molecule has 1 unspecified atom stereocenters. The number of benzene rings is 2. The van der Waals surface area contributed by atoms with Gasteiger partial charge in [-0.25, -0.2) is 0 Å². The van der Waals surface area contributed by atoms with Crippen molar-refractivity contribution in [3.63, 3.8) is 0 Å². The van der Waals surface area contributed by atoms with Crippen LogP contribution in [0.4, 0.5) is 5.69 Å². The molecule has 0 aliphatic carbocycles. The standard InChI is InChI=1S/C26H36N4O3/c1-5-29(6-2)17-10-18-30(24(32)22-13-15-23(16-14-22)28-20(3)31)26(4,25(27)33)19-21-11-8-7-9-12-21/h7-9,11-16H,5-6,10,17-19H2,1-4H3,(H2,27,33)(H,28,31). The molecule has 178 valence electrons. The Morgan fingerprint density at radius 3 is 2.06 bits per heavy atom. The molecule has 0 saturated carbocycles. The summed E-state index contributed by atoms with van der Waals surface area (Å²) in [5.74, 6) is -0.991. The van der Waals surface area contributed by atoms with Gasteiger partial charge in [0.05, 0.1) is 0 Å². The van der Waals surface area contributed by atoms with E-state index in [0.717, 1.165) is 31.6 Å². The van der Waals surface area contributed by atoms with Gasteiger partial charge in [-0.05, 0) is 62.8 Å². The molecule has 0 radical (unpaired) electrons. The third-order valence-electron chi connectivity index (χ3n) is 5.97. The number of rotatable bonds is 12. The highest BCUT2D eigenvalue weighted by atomic mass is 16.2. The fourth-order valence-corrected chi connectivity index (χ4v) is 3.93. The second kappa shape index (κ2) is 12.2. The maximum Gasteiger partial charge on any atom is 0.254 e. The van der Waals surface area contributed by atoms with Crippen LogP contribution in [0, 0.1) is 0 Å². The van der Waals surface area contributed by atoms with Gasteiger partial charge in [0, 0.05) is 31.1 Å². The minimum Gasteiger partial charge on any atom is -0.368 e. The lowest BCUT2D eigenvalue weighted by Crippen LogP contribution is -2.59. The first-order valence-electron chi connectivity index (χ1n) is 11.5. The van der Waals surface area contributed by atoms with Crippen LogP contribution in [0.2, 0.25) is 0 Å². The van der Waals surface area contributed by atoms with E-state index in [1.165, 1.54) is 6.92 Å². The molecule has 33 heavy (non-hydrogen) atoms. The van der Waals surface area contributed by atoms with Crippen LogP contribution in [0.15, 0.2) is 54.6 Å². The van der Waals surface area contributed by atoms with Crippen molar-refractivity contribution in [3.8, 4) is 0 Å². The lowest BCUT2D eigenvalue weighted by Gasteiger charge is -2.39. The normalized spacial score (nSPS) is 12.8. The highest BCUT2D eigenvalue weighted by Gasteiger charge is 2.41. The molecule has 0 aromatic heterocycles. The number of nitrogens with two attached hydrogens (primary N) is 1. The smallest absolute Gasteiger partial charge is 0.254 e. The maximum atomic E-state index is 13.7. The lowest BCUT2D eigenvalue weighted by molar-refractivity contribution is -0.128. The zero-order valence-corrected chi connectivity index (χ0v) is 20.1. The van der Waals surface area contributed by atoms with Gasteiger partial charge in [0.25, 0.3) is 5.91 Å². The van der Waals surface area contributed by atoms with Crippen LogP contribution in [-0.2, 0) is 16.0 Å². The van der Waals surface area contributed by atoms with E-state index in [1.54, 1.807) is 36.1 Å². The van der Waals surface area contributed by atoms with Crippen molar-refractivity contribution in [1.29, 1.82) is 0 Å².